The Hall–Kier alpha value is -1.50. The van der Waals surface area contributed by atoms with Crippen molar-refractivity contribution >= 4 is 28.8 Å². The van der Waals surface area contributed by atoms with Gasteiger partial charge in [-0.2, -0.15) is 0 Å². The average Bonchev–Trinajstić information content (AvgIpc) is 3.05. The van der Waals surface area contributed by atoms with Crippen LogP contribution in [0.15, 0.2) is 24.4 Å². The first-order valence-electron chi connectivity index (χ1n) is 9.30. The molecule has 7 heteroatoms. The zero-order valence-electron chi connectivity index (χ0n) is 15.0. The molecule has 0 aliphatic heterocycles. The van der Waals surface area contributed by atoms with Crippen molar-refractivity contribution in [3.05, 3.63) is 40.1 Å². The highest BCUT2D eigenvalue weighted by Gasteiger charge is 2.40. The maximum absolute atomic E-state index is 13.6. The summed E-state index contributed by atoms with van der Waals surface area (Å²) in [5.41, 5.74) is 0.545. The van der Waals surface area contributed by atoms with Crippen LogP contribution in [-0.2, 0) is 0 Å². The Kier molecular flexibility index (Phi) is 5.23. The van der Waals surface area contributed by atoms with Crippen molar-refractivity contribution in [3.63, 3.8) is 0 Å². The predicted octanol–water partition coefficient (Wildman–Crippen LogP) is 4.52. The zero-order valence-corrected chi connectivity index (χ0v) is 16.6. The van der Waals surface area contributed by atoms with Crippen LogP contribution in [0.25, 0.3) is 10.6 Å². The number of halogens is 2. The van der Waals surface area contributed by atoms with E-state index in [0.29, 0.717) is 27.3 Å². The highest BCUT2D eigenvalue weighted by atomic mass is 35.5. The molecule has 5 rings (SSSR count). The molecule has 0 saturated heterocycles. The lowest BCUT2D eigenvalue weighted by Gasteiger charge is -2.45. The second-order valence-corrected chi connectivity index (χ2v) is 9.35. The zero-order chi connectivity index (χ0) is 19.1. The number of thiazole rings is 1. The van der Waals surface area contributed by atoms with Gasteiger partial charge < -0.3 is 10.4 Å². The number of carbonyl (C=O) groups is 1. The van der Waals surface area contributed by atoms with Gasteiger partial charge in [0.2, 0.25) is 0 Å². The second-order valence-electron chi connectivity index (χ2n) is 7.88. The van der Waals surface area contributed by atoms with Crippen LogP contribution in [0.5, 0.6) is 0 Å². The van der Waals surface area contributed by atoms with Crippen LogP contribution in [-0.4, -0.2) is 28.1 Å². The first-order valence-corrected chi connectivity index (χ1v) is 10.5. The summed E-state index contributed by atoms with van der Waals surface area (Å²) >= 11 is 7.09. The van der Waals surface area contributed by atoms with Gasteiger partial charge in [0.05, 0.1) is 18.3 Å². The Morgan fingerprint density at radius 1 is 1.30 bits per heavy atom. The van der Waals surface area contributed by atoms with E-state index < -0.39 is 11.9 Å². The lowest BCUT2D eigenvalue weighted by atomic mass is 9.63. The van der Waals surface area contributed by atoms with Crippen molar-refractivity contribution in [2.75, 3.05) is 0 Å². The standard InChI is InChI=1S/C20H22ClFN2O2S/c1-10-2-16(17(25)5-11-3-12(10)4-11)24-19(26)18-9-23-20(27-18)13-6-14(21)8-15(22)7-13/h6-12,16-17,25H,2-5H2,1H3,(H,24,26)/t10-,11?,12?,16-,17?/m1/s1. The van der Waals surface area contributed by atoms with Crippen molar-refractivity contribution < 1.29 is 14.3 Å². The molecule has 0 radical (unpaired) electrons. The number of benzene rings is 1. The highest BCUT2D eigenvalue weighted by Crippen LogP contribution is 2.45. The van der Waals surface area contributed by atoms with Gasteiger partial charge in [-0.25, -0.2) is 9.37 Å². The number of aliphatic hydroxyl groups is 1. The Morgan fingerprint density at radius 2 is 2.07 bits per heavy atom. The number of amides is 1. The number of hydrogen-bond acceptors (Lipinski definition) is 4. The van der Waals surface area contributed by atoms with E-state index in [4.69, 9.17) is 11.6 Å². The Bertz CT molecular complexity index is 832. The molecule has 27 heavy (non-hydrogen) atoms. The predicted molar refractivity (Wildman–Crippen MR) is 104 cm³/mol. The monoisotopic (exact) mass is 408 g/mol. The van der Waals surface area contributed by atoms with E-state index in [-0.39, 0.29) is 17.0 Å². The molecule has 1 aromatic carbocycles. The highest BCUT2D eigenvalue weighted by molar-refractivity contribution is 7.16. The molecule has 0 spiro atoms. The van der Waals surface area contributed by atoms with E-state index in [1.807, 2.05) is 0 Å². The third-order valence-electron chi connectivity index (χ3n) is 5.90. The first-order chi connectivity index (χ1) is 12.9. The van der Waals surface area contributed by atoms with E-state index >= 15 is 0 Å². The fourth-order valence-electron chi connectivity index (χ4n) is 4.28. The quantitative estimate of drug-likeness (QED) is 0.784. The van der Waals surface area contributed by atoms with Crippen LogP contribution in [0.2, 0.25) is 5.02 Å². The van der Waals surface area contributed by atoms with Gasteiger partial charge >= 0.3 is 0 Å². The normalized spacial score (nSPS) is 30.1. The van der Waals surface area contributed by atoms with Crippen molar-refractivity contribution in [1.29, 1.82) is 0 Å². The number of nitrogens with one attached hydrogen (secondary N) is 1. The second kappa shape index (κ2) is 7.49. The molecule has 1 heterocycles. The maximum atomic E-state index is 13.6. The van der Waals surface area contributed by atoms with Gasteiger partial charge in [-0.05, 0) is 61.6 Å². The largest absolute Gasteiger partial charge is 0.391 e. The van der Waals surface area contributed by atoms with Crippen molar-refractivity contribution in [3.8, 4) is 10.6 Å². The summed E-state index contributed by atoms with van der Waals surface area (Å²) in [5, 5.41) is 14.4. The van der Waals surface area contributed by atoms with Crippen molar-refractivity contribution in [2.45, 2.75) is 44.8 Å². The van der Waals surface area contributed by atoms with Gasteiger partial charge in [-0.1, -0.05) is 18.5 Å². The molecule has 144 valence electrons. The average molecular weight is 409 g/mol. The number of fused-ring (bicyclic) bond motifs is 4. The number of rotatable bonds is 3. The van der Waals surface area contributed by atoms with Crippen LogP contribution in [0.1, 0.15) is 42.3 Å². The first kappa shape index (κ1) is 18.8. The number of aromatic nitrogens is 1. The summed E-state index contributed by atoms with van der Waals surface area (Å²) in [6.45, 7) is 2.20. The smallest absolute Gasteiger partial charge is 0.263 e. The molecule has 4 nitrogen and oxygen atoms in total. The molecule has 3 saturated carbocycles. The summed E-state index contributed by atoms with van der Waals surface area (Å²) in [7, 11) is 0. The lowest BCUT2D eigenvalue weighted by Crippen LogP contribution is -2.49. The molecule has 3 fully saturated rings. The molecule has 3 aliphatic rings. The Balaban J connectivity index is 1.47. The summed E-state index contributed by atoms with van der Waals surface area (Å²) in [6.07, 6.45) is 4.92. The minimum atomic E-state index is -0.517. The molecule has 1 aromatic heterocycles. The third-order valence-corrected chi connectivity index (χ3v) is 7.16. The van der Waals surface area contributed by atoms with Gasteiger partial charge in [0.1, 0.15) is 15.7 Å². The van der Waals surface area contributed by atoms with E-state index in [1.165, 1.54) is 42.5 Å². The SMILES string of the molecule is C[C@@H]1C[C@@H](NC(=O)c2cnc(-c3cc(F)cc(Cl)c3)s2)C(O)CC2CC1C2. The summed E-state index contributed by atoms with van der Waals surface area (Å²) < 4.78 is 13.6. The maximum Gasteiger partial charge on any atom is 0.263 e. The van der Waals surface area contributed by atoms with Gasteiger partial charge in [-0.3, -0.25) is 4.79 Å². The van der Waals surface area contributed by atoms with Crippen LogP contribution in [0.3, 0.4) is 0 Å². The van der Waals surface area contributed by atoms with Crippen molar-refractivity contribution in [2.24, 2.45) is 17.8 Å². The summed E-state index contributed by atoms with van der Waals surface area (Å²) in [6, 6.07) is 3.96. The van der Waals surface area contributed by atoms with Gasteiger partial charge in [0.25, 0.3) is 5.91 Å². The van der Waals surface area contributed by atoms with Gasteiger partial charge in [0.15, 0.2) is 0 Å². The fourth-order valence-corrected chi connectivity index (χ4v) is 5.31. The van der Waals surface area contributed by atoms with Crippen LogP contribution < -0.4 is 5.32 Å². The molecule has 1 unspecified atom stereocenters. The molecule has 3 aliphatic carbocycles. The lowest BCUT2D eigenvalue weighted by molar-refractivity contribution is 0.00606. The van der Waals surface area contributed by atoms with Crippen LogP contribution in [0.4, 0.5) is 4.39 Å². The molecule has 2 bridgehead atoms. The minimum Gasteiger partial charge on any atom is -0.391 e. The van der Waals surface area contributed by atoms with Crippen LogP contribution in [0, 0.1) is 23.6 Å². The number of hydrogen-bond donors (Lipinski definition) is 2. The van der Waals surface area contributed by atoms with E-state index in [0.717, 1.165) is 18.8 Å². The number of aliphatic hydroxyl groups excluding tert-OH is 1. The molecule has 1 amide bonds. The molecular formula is C20H22ClFN2O2S. The molecule has 2 aromatic rings. The van der Waals surface area contributed by atoms with Gasteiger partial charge in [0, 0.05) is 10.6 Å². The number of carbonyl (C=O) groups excluding carboxylic acids is 1. The molecule has 3 atom stereocenters. The fraction of sp³-hybridized carbons (Fsp3) is 0.500. The topological polar surface area (TPSA) is 62.2 Å². The minimum absolute atomic E-state index is 0.243. The third kappa shape index (κ3) is 4.03. The van der Waals surface area contributed by atoms with E-state index in [9.17, 15) is 14.3 Å². The summed E-state index contributed by atoms with van der Waals surface area (Å²) in [5.74, 6) is 1.11. The molecular weight excluding hydrogens is 387 g/mol. The van der Waals surface area contributed by atoms with Crippen molar-refractivity contribution in [1.82, 2.24) is 10.3 Å². The van der Waals surface area contributed by atoms with Crippen LogP contribution >= 0.6 is 22.9 Å². The summed E-state index contributed by atoms with van der Waals surface area (Å²) in [4.78, 5) is 17.4. The Labute approximate surface area is 166 Å². The number of nitrogens with zero attached hydrogens (tertiary/aromatic N) is 1. The van der Waals surface area contributed by atoms with Gasteiger partial charge in [-0.15, -0.1) is 11.3 Å². The van der Waals surface area contributed by atoms with E-state index in [2.05, 4.69) is 17.2 Å². The Morgan fingerprint density at radius 3 is 2.81 bits per heavy atom. The van der Waals surface area contributed by atoms with E-state index in [1.54, 1.807) is 6.07 Å². The molecule has 2 N–H and O–H groups in total.